The van der Waals surface area contributed by atoms with E-state index in [2.05, 4.69) is 21.2 Å². The number of likely N-dealkylation sites (tertiary alicyclic amines) is 1. The highest BCUT2D eigenvalue weighted by Crippen LogP contribution is 2.26. The molecule has 3 rings (SSSR count). The first-order valence-corrected chi connectivity index (χ1v) is 9.58. The van der Waals surface area contributed by atoms with Crippen molar-refractivity contribution < 1.29 is 14.0 Å². The van der Waals surface area contributed by atoms with Crippen molar-refractivity contribution in [2.24, 2.45) is 5.92 Å². The first kappa shape index (κ1) is 18.7. The highest BCUT2D eigenvalue weighted by atomic mass is 79.9. The number of hydrogen-bond donors (Lipinski definition) is 1. The largest absolute Gasteiger partial charge is 0.466 e. The van der Waals surface area contributed by atoms with Gasteiger partial charge < -0.3 is 14.6 Å². The molecule has 1 aliphatic heterocycles. The molecule has 0 aliphatic carbocycles. The number of aryl methyl sites for hydroxylation is 2. The molecule has 0 saturated carbocycles. The summed E-state index contributed by atoms with van der Waals surface area (Å²) in [5.74, 6) is 1.40. The van der Waals surface area contributed by atoms with Crippen molar-refractivity contribution in [2.45, 2.75) is 33.6 Å². The first-order chi connectivity index (χ1) is 12.4. The summed E-state index contributed by atoms with van der Waals surface area (Å²) >= 11 is 3.38. The first-order valence-electron chi connectivity index (χ1n) is 8.79. The van der Waals surface area contributed by atoms with Crippen molar-refractivity contribution in [1.82, 2.24) is 4.90 Å². The van der Waals surface area contributed by atoms with Crippen molar-refractivity contribution in [1.29, 1.82) is 0 Å². The van der Waals surface area contributed by atoms with E-state index >= 15 is 0 Å². The summed E-state index contributed by atoms with van der Waals surface area (Å²) in [4.78, 5) is 27.1. The van der Waals surface area contributed by atoms with Gasteiger partial charge in [-0.1, -0.05) is 15.9 Å². The van der Waals surface area contributed by atoms with E-state index in [1.165, 1.54) is 0 Å². The molecule has 0 spiro atoms. The molecule has 6 heteroatoms. The summed E-state index contributed by atoms with van der Waals surface area (Å²) in [6.45, 7) is 6.78. The van der Waals surface area contributed by atoms with Gasteiger partial charge in [-0.3, -0.25) is 9.59 Å². The van der Waals surface area contributed by atoms with Crippen LogP contribution >= 0.6 is 15.9 Å². The van der Waals surface area contributed by atoms with E-state index in [0.29, 0.717) is 37.3 Å². The van der Waals surface area contributed by atoms with Crippen molar-refractivity contribution in [2.75, 3.05) is 18.4 Å². The highest BCUT2D eigenvalue weighted by molar-refractivity contribution is 9.10. The third-order valence-electron chi connectivity index (χ3n) is 5.04. The fourth-order valence-corrected chi connectivity index (χ4v) is 3.65. The minimum atomic E-state index is -0.0732. The smallest absolute Gasteiger partial charge is 0.257 e. The third kappa shape index (κ3) is 3.85. The Labute approximate surface area is 161 Å². The third-order valence-corrected chi connectivity index (χ3v) is 5.57. The van der Waals surface area contributed by atoms with E-state index in [4.69, 9.17) is 4.42 Å². The van der Waals surface area contributed by atoms with Crippen LogP contribution in [-0.4, -0.2) is 29.8 Å². The lowest BCUT2D eigenvalue weighted by molar-refractivity contribution is -0.121. The van der Waals surface area contributed by atoms with Gasteiger partial charge in [-0.25, -0.2) is 0 Å². The quantitative estimate of drug-likeness (QED) is 0.799. The van der Waals surface area contributed by atoms with E-state index in [0.717, 1.165) is 21.5 Å². The molecule has 0 atom stereocenters. The van der Waals surface area contributed by atoms with Gasteiger partial charge in [-0.05, 0) is 57.9 Å². The number of nitrogens with one attached hydrogen (secondary N) is 1. The molecule has 0 unspecified atom stereocenters. The Morgan fingerprint density at radius 3 is 2.23 bits per heavy atom. The fraction of sp³-hybridized carbons (Fsp3) is 0.400. The monoisotopic (exact) mass is 418 g/mol. The number of rotatable bonds is 3. The number of carbonyl (C=O) groups is 2. The number of benzene rings is 1. The zero-order valence-corrected chi connectivity index (χ0v) is 16.9. The lowest BCUT2D eigenvalue weighted by Crippen LogP contribution is -2.41. The fourth-order valence-electron chi connectivity index (χ4n) is 3.39. The number of nitrogens with zero attached hydrogens (tertiary/aromatic N) is 1. The summed E-state index contributed by atoms with van der Waals surface area (Å²) < 4.78 is 6.55. The number of piperidine rings is 1. The molecule has 0 bridgehead atoms. The maximum Gasteiger partial charge on any atom is 0.257 e. The topological polar surface area (TPSA) is 62.6 Å². The molecule has 1 fully saturated rings. The molecular weight excluding hydrogens is 396 g/mol. The molecule has 138 valence electrons. The highest BCUT2D eigenvalue weighted by Gasteiger charge is 2.30. The molecule has 5 nitrogen and oxygen atoms in total. The Morgan fingerprint density at radius 2 is 1.69 bits per heavy atom. The van der Waals surface area contributed by atoms with Gasteiger partial charge in [0.05, 0.1) is 5.56 Å². The molecule has 1 saturated heterocycles. The van der Waals surface area contributed by atoms with Crippen LogP contribution in [0.1, 0.15) is 40.3 Å². The van der Waals surface area contributed by atoms with Gasteiger partial charge in [0.15, 0.2) is 0 Å². The zero-order chi connectivity index (χ0) is 18.8. The second kappa shape index (κ2) is 7.66. The minimum absolute atomic E-state index is 0.00335. The Morgan fingerprint density at radius 1 is 1.08 bits per heavy atom. The number of hydrogen-bond acceptors (Lipinski definition) is 3. The lowest BCUT2D eigenvalue weighted by atomic mass is 9.95. The summed E-state index contributed by atoms with van der Waals surface area (Å²) in [5.41, 5.74) is 2.36. The van der Waals surface area contributed by atoms with Crippen LogP contribution in [0, 0.1) is 26.7 Å². The van der Waals surface area contributed by atoms with Crippen LogP contribution in [0.2, 0.25) is 0 Å². The van der Waals surface area contributed by atoms with Gasteiger partial charge in [0.2, 0.25) is 5.91 Å². The molecule has 2 aromatic rings. The lowest BCUT2D eigenvalue weighted by Gasteiger charge is -2.31. The van der Waals surface area contributed by atoms with Gasteiger partial charge >= 0.3 is 0 Å². The summed E-state index contributed by atoms with van der Waals surface area (Å²) in [7, 11) is 0. The molecular formula is C20H23BrN2O3. The molecule has 1 aromatic carbocycles. The van der Waals surface area contributed by atoms with Crippen LogP contribution in [0.5, 0.6) is 0 Å². The Hall–Kier alpha value is -2.08. The number of amides is 2. The van der Waals surface area contributed by atoms with E-state index in [9.17, 15) is 9.59 Å². The van der Waals surface area contributed by atoms with Crippen molar-refractivity contribution in [3.63, 3.8) is 0 Å². The zero-order valence-electron chi connectivity index (χ0n) is 15.3. The summed E-state index contributed by atoms with van der Waals surface area (Å²) in [6, 6.07) is 7.53. The predicted molar refractivity (Wildman–Crippen MR) is 104 cm³/mol. The minimum Gasteiger partial charge on any atom is -0.466 e. The maximum atomic E-state index is 12.8. The standard InChI is InChI=1S/C20H23BrN2O3/c1-12-13(2)26-14(3)18(12)20(25)23-10-8-15(9-11-23)19(24)22-17-6-4-16(21)5-7-17/h4-7,15H,8-11H2,1-3H3,(H,22,24). The Bertz CT molecular complexity index is 818. The van der Waals surface area contributed by atoms with Crippen molar-refractivity contribution in [3.8, 4) is 0 Å². The molecule has 2 heterocycles. The van der Waals surface area contributed by atoms with E-state index in [1.54, 1.807) is 0 Å². The van der Waals surface area contributed by atoms with Gasteiger partial charge in [0.25, 0.3) is 5.91 Å². The van der Waals surface area contributed by atoms with E-state index in [1.807, 2.05) is 49.9 Å². The molecule has 1 aromatic heterocycles. The van der Waals surface area contributed by atoms with Crippen molar-refractivity contribution >= 4 is 33.4 Å². The Kier molecular flexibility index (Phi) is 5.51. The van der Waals surface area contributed by atoms with E-state index in [-0.39, 0.29) is 17.7 Å². The molecule has 2 amide bonds. The normalized spacial score (nSPS) is 15.2. The van der Waals surface area contributed by atoms with Gasteiger partial charge in [-0.2, -0.15) is 0 Å². The second-order valence-corrected chi connectivity index (χ2v) is 7.69. The maximum absolute atomic E-state index is 12.8. The van der Waals surface area contributed by atoms with Crippen molar-refractivity contribution in [3.05, 3.63) is 51.4 Å². The molecule has 0 radical (unpaired) electrons. The number of anilines is 1. The molecule has 1 aliphatic rings. The SMILES string of the molecule is Cc1oc(C)c(C(=O)N2CCC(C(=O)Nc3ccc(Br)cc3)CC2)c1C. The number of furan rings is 1. The van der Waals surface area contributed by atoms with Crippen LogP contribution in [0.25, 0.3) is 0 Å². The van der Waals surface area contributed by atoms with E-state index < -0.39 is 0 Å². The Balaban J connectivity index is 1.59. The predicted octanol–water partition coefficient (Wildman–Crippen LogP) is 4.46. The summed E-state index contributed by atoms with van der Waals surface area (Å²) in [6.07, 6.45) is 1.34. The van der Waals surface area contributed by atoms with Gasteiger partial charge in [-0.15, -0.1) is 0 Å². The van der Waals surface area contributed by atoms with Crippen LogP contribution in [0.15, 0.2) is 33.2 Å². The van der Waals surface area contributed by atoms with Crippen LogP contribution in [0.4, 0.5) is 5.69 Å². The van der Waals surface area contributed by atoms with Gasteiger partial charge in [0.1, 0.15) is 11.5 Å². The second-order valence-electron chi connectivity index (χ2n) is 6.78. The summed E-state index contributed by atoms with van der Waals surface area (Å²) in [5, 5.41) is 2.96. The molecule has 1 N–H and O–H groups in total. The number of carbonyl (C=O) groups excluding carboxylic acids is 2. The average molecular weight is 419 g/mol. The average Bonchev–Trinajstić information content (AvgIpc) is 2.88. The molecule has 26 heavy (non-hydrogen) atoms. The number of halogens is 1. The van der Waals surface area contributed by atoms with Crippen LogP contribution in [0.3, 0.4) is 0 Å². The van der Waals surface area contributed by atoms with Gasteiger partial charge in [0, 0.05) is 34.7 Å². The van der Waals surface area contributed by atoms with Crippen LogP contribution < -0.4 is 5.32 Å². The van der Waals surface area contributed by atoms with Crippen LogP contribution in [-0.2, 0) is 4.79 Å².